The van der Waals surface area contributed by atoms with Crippen molar-refractivity contribution in [3.63, 3.8) is 0 Å². The first-order valence-corrected chi connectivity index (χ1v) is 8.11. The Hall–Kier alpha value is -2.70. The van der Waals surface area contributed by atoms with Gasteiger partial charge in [0, 0.05) is 31.7 Å². The molecule has 0 atom stereocenters. The number of hydrogen-bond donors (Lipinski definition) is 1. The van der Waals surface area contributed by atoms with E-state index in [9.17, 15) is 14.4 Å². The fraction of sp³-hybridized carbons (Fsp3) is 0.412. The van der Waals surface area contributed by atoms with Crippen molar-refractivity contribution in [1.29, 1.82) is 0 Å². The molecule has 0 aliphatic carbocycles. The normalized spacial score (nSPS) is 15.6. The number of carbonyl (C=O) groups excluding carboxylic acids is 1. The molecule has 126 valence electrons. The van der Waals surface area contributed by atoms with Crippen molar-refractivity contribution in [2.24, 2.45) is 0 Å². The summed E-state index contributed by atoms with van der Waals surface area (Å²) < 4.78 is 0. The number of hydrogen-bond acceptors (Lipinski definition) is 6. The lowest BCUT2D eigenvalue weighted by Gasteiger charge is -2.39. The predicted molar refractivity (Wildman–Crippen MR) is 93.0 cm³/mol. The average Bonchev–Trinajstić information content (AvgIpc) is 2.63. The quantitative estimate of drug-likeness (QED) is 0.829. The van der Waals surface area contributed by atoms with E-state index in [0.29, 0.717) is 43.9 Å². The van der Waals surface area contributed by atoms with Crippen molar-refractivity contribution < 1.29 is 4.79 Å². The summed E-state index contributed by atoms with van der Waals surface area (Å²) in [5.41, 5.74) is 4.94. The first kappa shape index (κ1) is 16.2. The van der Waals surface area contributed by atoms with E-state index in [1.807, 2.05) is 30.0 Å². The van der Waals surface area contributed by atoms with Crippen LogP contribution in [0.15, 0.2) is 34.0 Å². The third-order valence-electron chi connectivity index (χ3n) is 4.53. The van der Waals surface area contributed by atoms with Crippen molar-refractivity contribution in [2.45, 2.75) is 32.2 Å². The largest absolute Gasteiger partial charge is 0.394 e. The Morgan fingerprint density at radius 2 is 2.00 bits per heavy atom. The maximum atomic E-state index is 12.4. The van der Waals surface area contributed by atoms with Gasteiger partial charge in [0.25, 0.3) is 10.9 Å². The number of piperidine rings is 1. The minimum Gasteiger partial charge on any atom is -0.394 e. The lowest BCUT2D eigenvalue weighted by molar-refractivity contribution is -0.118. The summed E-state index contributed by atoms with van der Waals surface area (Å²) in [7, 11) is 0. The molecule has 0 spiro atoms. The molecule has 1 saturated heterocycles. The Bertz CT molecular complexity index is 803. The maximum Gasteiger partial charge on any atom is 0.253 e. The summed E-state index contributed by atoms with van der Waals surface area (Å²) in [5, 5.41) is 0. The number of nitrogen functional groups attached to an aromatic ring is 1. The SMILES string of the molecule is CCC(=O)N(c1ccccn1)C1CCN(c2c(N)c(=O)c2=O)CC1. The van der Waals surface area contributed by atoms with Gasteiger partial charge in [0.1, 0.15) is 17.2 Å². The second kappa shape index (κ2) is 6.43. The van der Waals surface area contributed by atoms with Crippen LogP contribution in [0, 0.1) is 0 Å². The minimum atomic E-state index is -0.594. The molecule has 1 aliphatic rings. The molecule has 0 radical (unpaired) electrons. The van der Waals surface area contributed by atoms with Gasteiger partial charge >= 0.3 is 0 Å². The average molecular weight is 328 g/mol. The smallest absolute Gasteiger partial charge is 0.253 e. The van der Waals surface area contributed by atoms with Crippen LogP contribution in [0.25, 0.3) is 0 Å². The predicted octanol–water partition coefficient (Wildman–Crippen LogP) is 0.672. The number of rotatable bonds is 4. The highest BCUT2D eigenvalue weighted by atomic mass is 16.2. The molecular weight excluding hydrogens is 308 g/mol. The van der Waals surface area contributed by atoms with Crippen LogP contribution in [-0.2, 0) is 4.79 Å². The molecular formula is C17H20N4O3. The molecule has 24 heavy (non-hydrogen) atoms. The molecule has 1 aromatic heterocycles. The van der Waals surface area contributed by atoms with Crippen molar-refractivity contribution in [3.05, 3.63) is 44.8 Å². The molecule has 2 heterocycles. The Kier molecular flexibility index (Phi) is 4.33. The van der Waals surface area contributed by atoms with Gasteiger partial charge in [-0.3, -0.25) is 19.3 Å². The van der Waals surface area contributed by atoms with Crippen molar-refractivity contribution in [3.8, 4) is 0 Å². The van der Waals surface area contributed by atoms with Crippen LogP contribution in [0.2, 0.25) is 0 Å². The van der Waals surface area contributed by atoms with Gasteiger partial charge in [-0.25, -0.2) is 4.98 Å². The number of amides is 1. The Labute approximate surface area is 139 Å². The van der Waals surface area contributed by atoms with Gasteiger partial charge in [0.2, 0.25) is 5.91 Å². The molecule has 3 rings (SSSR count). The molecule has 7 nitrogen and oxygen atoms in total. The number of pyridine rings is 1. The summed E-state index contributed by atoms with van der Waals surface area (Å²) in [4.78, 5) is 43.2. The van der Waals surface area contributed by atoms with E-state index in [1.165, 1.54) is 0 Å². The van der Waals surface area contributed by atoms with Crippen LogP contribution in [-0.4, -0.2) is 30.0 Å². The van der Waals surface area contributed by atoms with Crippen molar-refractivity contribution in [2.75, 3.05) is 28.6 Å². The molecule has 2 N–H and O–H groups in total. The lowest BCUT2D eigenvalue weighted by atomic mass is 10.0. The van der Waals surface area contributed by atoms with Crippen LogP contribution in [0.1, 0.15) is 26.2 Å². The van der Waals surface area contributed by atoms with Gasteiger partial charge in [0.05, 0.1) is 0 Å². The molecule has 0 bridgehead atoms. The van der Waals surface area contributed by atoms with Gasteiger partial charge in [-0.05, 0) is 25.0 Å². The zero-order chi connectivity index (χ0) is 17.3. The highest BCUT2D eigenvalue weighted by molar-refractivity contribution is 5.92. The van der Waals surface area contributed by atoms with E-state index >= 15 is 0 Å². The summed E-state index contributed by atoms with van der Waals surface area (Å²) in [5.74, 6) is 0.678. The lowest BCUT2D eigenvalue weighted by Crippen LogP contribution is -2.51. The van der Waals surface area contributed by atoms with Crippen molar-refractivity contribution >= 4 is 23.1 Å². The highest BCUT2D eigenvalue weighted by Crippen LogP contribution is 2.26. The van der Waals surface area contributed by atoms with Gasteiger partial charge < -0.3 is 10.6 Å². The van der Waals surface area contributed by atoms with E-state index in [2.05, 4.69) is 4.98 Å². The number of anilines is 3. The molecule has 7 heteroatoms. The molecule has 0 unspecified atom stereocenters. The van der Waals surface area contributed by atoms with E-state index in [-0.39, 0.29) is 17.6 Å². The first-order valence-electron chi connectivity index (χ1n) is 8.11. The fourth-order valence-electron chi connectivity index (χ4n) is 3.24. The molecule has 2 aromatic rings. The van der Waals surface area contributed by atoms with Crippen LogP contribution in [0.4, 0.5) is 17.2 Å². The molecule has 1 fully saturated rings. The van der Waals surface area contributed by atoms with E-state index in [1.54, 1.807) is 11.1 Å². The van der Waals surface area contributed by atoms with Crippen molar-refractivity contribution in [1.82, 2.24) is 4.98 Å². The van der Waals surface area contributed by atoms with E-state index < -0.39 is 10.9 Å². The maximum absolute atomic E-state index is 12.4. The van der Waals surface area contributed by atoms with Gasteiger partial charge in [0.15, 0.2) is 0 Å². The van der Waals surface area contributed by atoms with Gasteiger partial charge in [-0.2, -0.15) is 0 Å². The number of nitrogens with two attached hydrogens (primary N) is 1. The minimum absolute atomic E-state index is 0.0244. The Morgan fingerprint density at radius 3 is 2.54 bits per heavy atom. The highest BCUT2D eigenvalue weighted by Gasteiger charge is 2.32. The van der Waals surface area contributed by atoms with Crippen LogP contribution < -0.4 is 26.4 Å². The van der Waals surface area contributed by atoms with Crippen LogP contribution in [0.3, 0.4) is 0 Å². The second-order valence-corrected chi connectivity index (χ2v) is 5.94. The Morgan fingerprint density at radius 1 is 1.29 bits per heavy atom. The zero-order valence-electron chi connectivity index (χ0n) is 13.6. The molecule has 0 saturated carbocycles. The third kappa shape index (κ3) is 2.66. The zero-order valence-corrected chi connectivity index (χ0v) is 13.6. The Balaban J connectivity index is 1.75. The van der Waals surface area contributed by atoms with Gasteiger partial charge in [-0.15, -0.1) is 0 Å². The molecule has 1 aliphatic heterocycles. The van der Waals surface area contributed by atoms with Gasteiger partial charge in [-0.1, -0.05) is 13.0 Å². The summed E-state index contributed by atoms with van der Waals surface area (Å²) >= 11 is 0. The van der Waals surface area contributed by atoms with E-state index in [0.717, 1.165) is 0 Å². The molecule has 1 amide bonds. The second-order valence-electron chi connectivity index (χ2n) is 5.94. The van der Waals surface area contributed by atoms with Crippen LogP contribution >= 0.6 is 0 Å². The first-order chi connectivity index (χ1) is 11.5. The summed E-state index contributed by atoms with van der Waals surface area (Å²) in [6.07, 6.45) is 3.47. The van der Waals surface area contributed by atoms with E-state index in [4.69, 9.17) is 5.73 Å². The third-order valence-corrected chi connectivity index (χ3v) is 4.53. The number of nitrogens with zero attached hydrogens (tertiary/aromatic N) is 3. The standard InChI is InChI=1S/C17H20N4O3/c1-2-13(22)21(12-5-3-4-8-19-12)11-6-9-20(10-7-11)15-14(18)16(23)17(15)24/h3-5,8,11H,2,6-7,9-10,18H2,1H3. The summed E-state index contributed by atoms with van der Waals surface area (Å²) in [6.45, 7) is 3.00. The molecule has 1 aromatic carbocycles. The number of aromatic nitrogens is 1. The number of carbonyl (C=O) groups is 1. The fourth-order valence-corrected chi connectivity index (χ4v) is 3.24. The monoisotopic (exact) mass is 328 g/mol. The summed E-state index contributed by atoms with van der Waals surface area (Å²) in [6, 6.07) is 5.53. The van der Waals surface area contributed by atoms with Crippen LogP contribution in [0.5, 0.6) is 0 Å². The topological polar surface area (TPSA) is 96.6 Å².